The molecule has 0 saturated carbocycles. The van der Waals surface area contributed by atoms with E-state index in [-0.39, 0.29) is 12.0 Å². The molecular weight excluding hydrogens is 262 g/mol. The number of fused-ring (bicyclic) bond motifs is 1. The molecule has 1 aromatic rings. The van der Waals surface area contributed by atoms with Crippen molar-refractivity contribution in [3.8, 4) is 0 Å². The Labute approximate surface area is 117 Å². The molecule has 0 unspecified atom stereocenters. The van der Waals surface area contributed by atoms with Crippen molar-refractivity contribution in [1.82, 2.24) is 14.8 Å². The fourth-order valence-electron chi connectivity index (χ4n) is 2.85. The van der Waals surface area contributed by atoms with Gasteiger partial charge in [-0.25, -0.2) is 4.98 Å². The Balaban J connectivity index is 1.71. The number of carbonyl (C=O) groups is 1. The van der Waals surface area contributed by atoms with E-state index in [1.807, 2.05) is 17.2 Å². The standard InChI is InChI=1S/C13H19N3O2S/c1-9-14-10(8-19-9)13(17)16-4-3-12-11(7-16)15(2)5-6-18-12/h8,11-12H,3-7H2,1-2H3/t11-,12-/m0/s1. The highest BCUT2D eigenvalue weighted by Crippen LogP contribution is 2.23. The third kappa shape index (κ3) is 2.52. The average molecular weight is 281 g/mol. The summed E-state index contributed by atoms with van der Waals surface area (Å²) in [6, 6.07) is 0.325. The topological polar surface area (TPSA) is 45.7 Å². The zero-order valence-corrected chi connectivity index (χ0v) is 12.2. The van der Waals surface area contributed by atoms with Gasteiger partial charge < -0.3 is 9.64 Å². The van der Waals surface area contributed by atoms with Crippen LogP contribution in [0, 0.1) is 6.92 Å². The number of rotatable bonds is 1. The van der Waals surface area contributed by atoms with E-state index in [0.29, 0.717) is 11.7 Å². The molecule has 5 nitrogen and oxygen atoms in total. The van der Waals surface area contributed by atoms with Gasteiger partial charge in [0.1, 0.15) is 5.69 Å². The van der Waals surface area contributed by atoms with Crippen LogP contribution in [0.2, 0.25) is 0 Å². The Morgan fingerprint density at radius 2 is 2.37 bits per heavy atom. The first-order valence-electron chi connectivity index (χ1n) is 6.68. The van der Waals surface area contributed by atoms with E-state index >= 15 is 0 Å². The van der Waals surface area contributed by atoms with E-state index in [2.05, 4.69) is 16.9 Å². The smallest absolute Gasteiger partial charge is 0.273 e. The van der Waals surface area contributed by atoms with E-state index < -0.39 is 0 Å². The molecule has 1 amide bonds. The molecule has 0 aliphatic carbocycles. The number of aryl methyl sites for hydroxylation is 1. The number of carbonyl (C=O) groups excluding carboxylic acids is 1. The largest absolute Gasteiger partial charge is 0.375 e. The van der Waals surface area contributed by atoms with Crippen molar-refractivity contribution >= 4 is 17.2 Å². The number of aromatic nitrogens is 1. The Hall–Kier alpha value is -0.980. The number of ether oxygens (including phenoxy) is 1. The molecule has 6 heteroatoms. The highest BCUT2D eigenvalue weighted by atomic mass is 32.1. The fraction of sp³-hybridized carbons (Fsp3) is 0.692. The van der Waals surface area contributed by atoms with Crippen LogP contribution in [0.15, 0.2) is 5.38 Å². The number of hydrogen-bond donors (Lipinski definition) is 0. The van der Waals surface area contributed by atoms with Gasteiger partial charge in [-0.15, -0.1) is 11.3 Å². The molecule has 104 valence electrons. The molecular formula is C13H19N3O2S. The van der Waals surface area contributed by atoms with Crippen LogP contribution in [0.25, 0.3) is 0 Å². The second kappa shape index (κ2) is 5.19. The van der Waals surface area contributed by atoms with Crippen molar-refractivity contribution in [1.29, 1.82) is 0 Å². The maximum absolute atomic E-state index is 12.4. The molecule has 0 aromatic carbocycles. The molecule has 19 heavy (non-hydrogen) atoms. The predicted octanol–water partition coefficient (Wildman–Crippen LogP) is 0.997. The fourth-order valence-corrected chi connectivity index (χ4v) is 3.44. The summed E-state index contributed by atoms with van der Waals surface area (Å²) in [4.78, 5) is 20.9. The van der Waals surface area contributed by atoms with Gasteiger partial charge in [-0.1, -0.05) is 0 Å². The lowest BCUT2D eigenvalue weighted by Gasteiger charge is -2.45. The van der Waals surface area contributed by atoms with E-state index in [1.54, 1.807) is 0 Å². The molecule has 0 radical (unpaired) electrons. The van der Waals surface area contributed by atoms with Gasteiger partial charge in [0.15, 0.2) is 0 Å². The number of amides is 1. The maximum atomic E-state index is 12.4. The second-order valence-corrected chi connectivity index (χ2v) is 6.31. The van der Waals surface area contributed by atoms with Gasteiger partial charge in [-0.05, 0) is 20.4 Å². The SMILES string of the molecule is Cc1nc(C(=O)N2CC[C@@H]3OCCN(C)[C@H]3C2)cs1. The summed E-state index contributed by atoms with van der Waals surface area (Å²) in [5.74, 6) is 0.0572. The Kier molecular flexibility index (Phi) is 3.56. The normalized spacial score (nSPS) is 28.2. The third-order valence-electron chi connectivity index (χ3n) is 3.99. The predicted molar refractivity (Wildman–Crippen MR) is 73.5 cm³/mol. The lowest BCUT2D eigenvalue weighted by Crippen LogP contribution is -2.59. The van der Waals surface area contributed by atoms with Crippen molar-refractivity contribution in [2.75, 3.05) is 33.3 Å². The van der Waals surface area contributed by atoms with Gasteiger partial charge in [0.2, 0.25) is 0 Å². The number of hydrogen-bond acceptors (Lipinski definition) is 5. The zero-order valence-electron chi connectivity index (χ0n) is 11.3. The minimum absolute atomic E-state index is 0.0572. The summed E-state index contributed by atoms with van der Waals surface area (Å²) in [7, 11) is 2.11. The van der Waals surface area contributed by atoms with Crippen molar-refractivity contribution in [2.24, 2.45) is 0 Å². The first kappa shape index (κ1) is 13.0. The van der Waals surface area contributed by atoms with Crippen LogP contribution in [0.4, 0.5) is 0 Å². The number of piperidine rings is 1. The Morgan fingerprint density at radius 3 is 3.11 bits per heavy atom. The van der Waals surface area contributed by atoms with Crippen molar-refractivity contribution in [3.63, 3.8) is 0 Å². The first-order valence-corrected chi connectivity index (χ1v) is 7.56. The zero-order chi connectivity index (χ0) is 13.4. The summed E-state index contributed by atoms with van der Waals surface area (Å²) < 4.78 is 5.80. The first-order chi connectivity index (χ1) is 9.15. The molecule has 2 fully saturated rings. The molecule has 2 aliphatic heterocycles. The molecule has 3 rings (SSSR count). The lowest BCUT2D eigenvalue weighted by molar-refractivity contribution is -0.0894. The number of morpholine rings is 1. The third-order valence-corrected chi connectivity index (χ3v) is 4.76. The maximum Gasteiger partial charge on any atom is 0.273 e. The van der Waals surface area contributed by atoms with Gasteiger partial charge in [-0.2, -0.15) is 0 Å². The molecule has 2 saturated heterocycles. The van der Waals surface area contributed by atoms with Crippen LogP contribution in [-0.4, -0.2) is 66.1 Å². The van der Waals surface area contributed by atoms with Crippen LogP contribution < -0.4 is 0 Å². The number of likely N-dealkylation sites (N-methyl/N-ethyl adjacent to an activating group) is 1. The van der Waals surface area contributed by atoms with Crippen molar-refractivity contribution in [3.05, 3.63) is 16.1 Å². The highest BCUT2D eigenvalue weighted by molar-refractivity contribution is 7.09. The molecule has 0 bridgehead atoms. The van der Waals surface area contributed by atoms with Crippen LogP contribution in [0.5, 0.6) is 0 Å². The Morgan fingerprint density at radius 1 is 1.53 bits per heavy atom. The summed E-state index contributed by atoms with van der Waals surface area (Å²) in [5.41, 5.74) is 0.584. The van der Waals surface area contributed by atoms with Crippen molar-refractivity contribution in [2.45, 2.75) is 25.5 Å². The number of nitrogens with zero attached hydrogens (tertiary/aromatic N) is 3. The van der Waals surface area contributed by atoms with Crippen molar-refractivity contribution < 1.29 is 9.53 Å². The molecule has 1 aromatic heterocycles. The number of likely N-dealkylation sites (tertiary alicyclic amines) is 1. The molecule has 0 spiro atoms. The Bertz CT molecular complexity index is 476. The van der Waals surface area contributed by atoms with Crippen LogP contribution in [-0.2, 0) is 4.74 Å². The van der Waals surface area contributed by atoms with E-state index in [4.69, 9.17) is 4.74 Å². The van der Waals surface area contributed by atoms with Gasteiger partial charge in [-0.3, -0.25) is 9.69 Å². The van der Waals surface area contributed by atoms with Gasteiger partial charge >= 0.3 is 0 Å². The van der Waals surface area contributed by atoms with E-state index in [1.165, 1.54) is 11.3 Å². The van der Waals surface area contributed by atoms with Gasteiger partial charge in [0, 0.05) is 25.0 Å². The number of thiazole rings is 1. The van der Waals surface area contributed by atoms with Gasteiger partial charge in [0.25, 0.3) is 5.91 Å². The summed E-state index contributed by atoms with van der Waals surface area (Å²) in [6.45, 7) is 5.19. The van der Waals surface area contributed by atoms with Crippen LogP contribution in [0.1, 0.15) is 21.9 Å². The monoisotopic (exact) mass is 281 g/mol. The van der Waals surface area contributed by atoms with Gasteiger partial charge in [0.05, 0.1) is 23.8 Å². The van der Waals surface area contributed by atoms with E-state index in [9.17, 15) is 4.79 Å². The van der Waals surface area contributed by atoms with Crippen LogP contribution >= 0.6 is 11.3 Å². The molecule has 2 aliphatic rings. The highest BCUT2D eigenvalue weighted by Gasteiger charge is 2.37. The molecule has 2 atom stereocenters. The summed E-state index contributed by atoms with van der Waals surface area (Å²) in [5, 5.41) is 2.79. The minimum atomic E-state index is 0.0572. The molecule has 3 heterocycles. The lowest BCUT2D eigenvalue weighted by atomic mass is 9.99. The second-order valence-electron chi connectivity index (χ2n) is 5.25. The minimum Gasteiger partial charge on any atom is -0.375 e. The summed E-state index contributed by atoms with van der Waals surface area (Å²) in [6.07, 6.45) is 1.20. The molecule has 0 N–H and O–H groups in total. The van der Waals surface area contributed by atoms with Crippen LogP contribution in [0.3, 0.4) is 0 Å². The quantitative estimate of drug-likeness (QED) is 0.770. The summed E-state index contributed by atoms with van der Waals surface area (Å²) >= 11 is 1.53. The average Bonchev–Trinajstić information content (AvgIpc) is 2.85. The van der Waals surface area contributed by atoms with E-state index in [0.717, 1.165) is 37.7 Å².